The van der Waals surface area contributed by atoms with Gasteiger partial charge in [-0.1, -0.05) is 0 Å². The second kappa shape index (κ2) is 5.43. The van der Waals surface area contributed by atoms with Crippen LogP contribution in [-0.2, 0) is 14.8 Å². The smallest absolute Gasteiger partial charge is 0.221 e. The molecule has 0 heterocycles. The van der Waals surface area contributed by atoms with Gasteiger partial charge in [0.05, 0.1) is 5.75 Å². The Morgan fingerprint density at radius 2 is 2.07 bits per heavy atom. The number of nitrogens with two attached hydrogens (primary N) is 1. The van der Waals surface area contributed by atoms with Crippen LogP contribution in [-0.4, -0.2) is 39.2 Å². The summed E-state index contributed by atoms with van der Waals surface area (Å²) < 4.78 is 24.6. The molecule has 0 atom stereocenters. The van der Waals surface area contributed by atoms with Gasteiger partial charge >= 0.3 is 0 Å². The lowest BCUT2D eigenvalue weighted by atomic mass is 10.4. The maximum atomic E-state index is 11.2. The fourth-order valence-corrected chi connectivity index (χ4v) is 1.94. The molecule has 6 nitrogen and oxygen atoms in total. The van der Waals surface area contributed by atoms with E-state index >= 15 is 0 Å². The van der Waals surface area contributed by atoms with Crippen molar-refractivity contribution in [2.75, 3.05) is 18.8 Å². The molecule has 0 bridgehead atoms. The quantitative estimate of drug-likeness (QED) is 0.501. The van der Waals surface area contributed by atoms with Gasteiger partial charge in [0.1, 0.15) is 0 Å². The van der Waals surface area contributed by atoms with Crippen LogP contribution in [0.3, 0.4) is 0 Å². The summed E-state index contributed by atoms with van der Waals surface area (Å²) in [5.41, 5.74) is 5.12. The minimum atomic E-state index is -3.30. The monoisotopic (exact) mass is 235 g/mol. The summed E-state index contributed by atoms with van der Waals surface area (Å²) in [6.45, 7) is 0.227. The van der Waals surface area contributed by atoms with Crippen LogP contribution in [0.2, 0.25) is 0 Å². The van der Waals surface area contributed by atoms with Crippen LogP contribution in [0, 0.1) is 0 Å². The molecule has 0 aromatic rings. The van der Waals surface area contributed by atoms with E-state index in [2.05, 4.69) is 10.0 Å². The third kappa shape index (κ3) is 5.71. The minimum Gasteiger partial charge on any atom is -0.353 e. The molecule has 88 valence electrons. The highest BCUT2D eigenvalue weighted by atomic mass is 32.2. The first-order valence-electron chi connectivity index (χ1n) is 5.00. The van der Waals surface area contributed by atoms with Crippen LogP contribution < -0.4 is 15.8 Å². The number of carbonyl (C=O) groups excluding carboxylic acids is 1. The molecule has 15 heavy (non-hydrogen) atoms. The van der Waals surface area contributed by atoms with Gasteiger partial charge in [0.25, 0.3) is 0 Å². The predicted molar refractivity (Wildman–Crippen MR) is 56.6 cm³/mol. The van der Waals surface area contributed by atoms with Crippen molar-refractivity contribution < 1.29 is 13.2 Å². The van der Waals surface area contributed by atoms with E-state index in [-0.39, 0.29) is 31.2 Å². The van der Waals surface area contributed by atoms with Crippen LogP contribution in [0.5, 0.6) is 0 Å². The standard InChI is InChI=1S/C8H17N3O3S/c9-4-6-15(13,14)10-5-3-8(12)11-7-1-2-7/h7,10H,1-6,9H2,(H,11,12). The number of carbonyl (C=O) groups is 1. The molecule has 1 saturated carbocycles. The van der Waals surface area contributed by atoms with Crippen molar-refractivity contribution in [3.05, 3.63) is 0 Å². The predicted octanol–water partition coefficient (Wildman–Crippen LogP) is -1.47. The van der Waals surface area contributed by atoms with Crippen molar-refractivity contribution in [2.45, 2.75) is 25.3 Å². The minimum absolute atomic E-state index is 0.0869. The second-order valence-corrected chi connectivity index (χ2v) is 5.52. The molecule has 1 aliphatic carbocycles. The van der Waals surface area contributed by atoms with E-state index in [1.165, 1.54) is 0 Å². The maximum absolute atomic E-state index is 11.2. The molecule has 0 aromatic heterocycles. The normalized spacial score (nSPS) is 16.3. The van der Waals surface area contributed by atoms with Crippen molar-refractivity contribution in [3.63, 3.8) is 0 Å². The molecule has 0 radical (unpaired) electrons. The summed E-state index contributed by atoms with van der Waals surface area (Å²) in [6.07, 6.45) is 2.25. The number of rotatable bonds is 7. The number of amides is 1. The Balaban J connectivity index is 2.11. The largest absolute Gasteiger partial charge is 0.353 e. The van der Waals surface area contributed by atoms with Gasteiger partial charge in [-0.3, -0.25) is 4.79 Å². The molecular weight excluding hydrogens is 218 g/mol. The molecule has 0 saturated heterocycles. The molecule has 0 aromatic carbocycles. The maximum Gasteiger partial charge on any atom is 0.221 e. The Bertz CT molecular complexity index is 311. The third-order valence-electron chi connectivity index (χ3n) is 2.00. The highest BCUT2D eigenvalue weighted by Crippen LogP contribution is 2.18. The molecule has 0 spiro atoms. The Labute approximate surface area is 89.6 Å². The summed E-state index contributed by atoms with van der Waals surface area (Å²) in [5.74, 6) is -0.204. The SMILES string of the molecule is NCCS(=O)(=O)NCCC(=O)NC1CC1. The van der Waals surface area contributed by atoms with Crippen molar-refractivity contribution in [1.29, 1.82) is 0 Å². The van der Waals surface area contributed by atoms with Crippen LogP contribution in [0.25, 0.3) is 0 Å². The van der Waals surface area contributed by atoms with E-state index in [1.54, 1.807) is 0 Å². The second-order valence-electron chi connectivity index (χ2n) is 3.59. The van der Waals surface area contributed by atoms with Gasteiger partial charge in [0.2, 0.25) is 15.9 Å². The van der Waals surface area contributed by atoms with Gasteiger partial charge in [-0.25, -0.2) is 13.1 Å². The summed E-state index contributed by atoms with van der Waals surface area (Å²) in [7, 11) is -3.30. The average Bonchev–Trinajstić information content (AvgIpc) is 2.87. The van der Waals surface area contributed by atoms with Crippen LogP contribution in [0.15, 0.2) is 0 Å². The van der Waals surface area contributed by atoms with Gasteiger partial charge in [0.15, 0.2) is 0 Å². The number of hydrogen-bond acceptors (Lipinski definition) is 4. The Morgan fingerprint density at radius 1 is 1.40 bits per heavy atom. The molecule has 0 aliphatic heterocycles. The number of sulfonamides is 1. The summed E-state index contributed by atoms with van der Waals surface area (Å²) in [4.78, 5) is 11.2. The van der Waals surface area contributed by atoms with E-state index in [9.17, 15) is 13.2 Å². The number of hydrogen-bond donors (Lipinski definition) is 3. The Kier molecular flexibility index (Phi) is 4.49. The zero-order valence-electron chi connectivity index (χ0n) is 8.53. The molecule has 1 fully saturated rings. The topological polar surface area (TPSA) is 101 Å². The van der Waals surface area contributed by atoms with Crippen LogP contribution >= 0.6 is 0 Å². The molecule has 1 amide bonds. The summed E-state index contributed by atoms with van der Waals surface area (Å²) in [6, 6.07) is 0.318. The van der Waals surface area contributed by atoms with Gasteiger partial charge in [-0.2, -0.15) is 0 Å². The van der Waals surface area contributed by atoms with Crippen LogP contribution in [0.4, 0.5) is 0 Å². The highest BCUT2D eigenvalue weighted by Gasteiger charge is 2.22. The molecule has 7 heteroatoms. The lowest BCUT2D eigenvalue weighted by Crippen LogP contribution is -2.34. The van der Waals surface area contributed by atoms with E-state index in [0.717, 1.165) is 12.8 Å². The van der Waals surface area contributed by atoms with Crippen molar-refractivity contribution in [3.8, 4) is 0 Å². The van der Waals surface area contributed by atoms with E-state index in [1.807, 2.05) is 0 Å². The Hall–Kier alpha value is -0.660. The zero-order valence-corrected chi connectivity index (χ0v) is 9.35. The first kappa shape index (κ1) is 12.4. The van der Waals surface area contributed by atoms with E-state index in [4.69, 9.17) is 5.73 Å². The van der Waals surface area contributed by atoms with Crippen molar-refractivity contribution in [2.24, 2.45) is 5.73 Å². The van der Waals surface area contributed by atoms with Gasteiger partial charge in [-0.15, -0.1) is 0 Å². The lowest BCUT2D eigenvalue weighted by molar-refractivity contribution is -0.121. The van der Waals surface area contributed by atoms with E-state index < -0.39 is 10.0 Å². The first-order valence-corrected chi connectivity index (χ1v) is 6.65. The average molecular weight is 235 g/mol. The molecule has 1 aliphatic rings. The zero-order chi connectivity index (χ0) is 11.3. The van der Waals surface area contributed by atoms with Crippen molar-refractivity contribution >= 4 is 15.9 Å². The number of nitrogens with one attached hydrogen (secondary N) is 2. The third-order valence-corrected chi connectivity index (χ3v) is 3.42. The lowest BCUT2D eigenvalue weighted by Gasteiger charge is -2.05. The van der Waals surface area contributed by atoms with Crippen molar-refractivity contribution in [1.82, 2.24) is 10.0 Å². The van der Waals surface area contributed by atoms with Gasteiger partial charge < -0.3 is 11.1 Å². The summed E-state index contributed by atoms with van der Waals surface area (Å²) >= 11 is 0. The first-order chi connectivity index (χ1) is 7.03. The van der Waals surface area contributed by atoms with Crippen LogP contribution in [0.1, 0.15) is 19.3 Å². The van der Waals surface area contributed by atoms with Gasteiger partial charge in [-0.05, 0) is 12.8 Å². The molecule has 0 unspecified atom stereocenters. The fraction of sp³-hybridized carbons (Fsp3) is 0.875. The fourth-order valence-electron chi connectivity index (χ4n) is 1.07. The Morgan fingerprint density at radius 3 is 2.60 bits per heavy atom. The molecule has 4 N–H and O–H groups in total. The highest BCUT2D eigenvalue weighted by molar-refractivity contribution is 7.89. The molecule has 1 rings (SSSR count). The van der Waals surface area contributed by atoms with Gasteiger partial charge in [0, 0.05) is 25.6 Å². The summed E-state index contributed by atoms with van der Waals surface area (Å²) in [5, 5.41) is 2.77. The van der Waals surface area contributed by atoms with E-state index in [0.29, 0.717) is 6.04 Å². The molecular formula is C8H17N3O3S.